The first kappa shape index (κ1) is 71.1. The number of unbranched alkanes of at least 4 members (excludes halogenated alkanes) is 29. The molecule has 7 unspecified atom stereocenters. The lowest BCUT2D eigenvalue weighted by molar-refractivity contribution is -0.302. The maximum Gasteiger partial charge on any atom is 0.220 e. The van der Waals surface area contributed by atoms with Crippen LogP contribution in [0.4, 0.5) is 0 Å². The quantitative estimate of drug-likeness (QED) is 0.0261. The molecular formula is C67H117NO8. The lowest BCUT2D eigenvalue weighted by Gasteiger charge is -2.40. The number of aliphatic hydroxyl groups excluding tert-OH is 5. The van der Waals surface area contributed by atoms with Gasteiger partial charge < -0.3 is 40.3 Å². The summed E-state index contributed by atoms with van der Waals surface area (Å²) in [4.78, 5) is 13.1. The lowest BCUT2D eigenvalue weighted by atomic mass is 9.99. The Morgan fingerprint density at radius 3 is 1.26 bits per heavy atom. The number of hydrogen-bond donors (Lipinski definition) is 6. The van der Waals surface area contributed by atoms with Crippen LogP contribution in [0.3, 0.4) is 0 Å². The highest BCUT2D eigenvalue weighted by molar-refractivity contribution is 5.76. The van der Waals surface area contributed by atoms with Gasteiger partial charge in [-0.25, -0.2) is 0 Å². The van der Waals surface area contributed by atoms with Gasteiger partial charge in [-0.05, 0) is 89.9 Å². The van der Waals surface area contributed by atoms with Gasteiger partial charge in [0.2, 0.25) is 5.91 Å². The molecule has 0 aromatic rings. The number of carbonyl (C=O) groups excluding carboxylic acids is 1. The Hall–Kier alpha value is -2.89. The van der Waals surface area contributed by atoms with Crippen molar-refractivity contribution in [3.05, 3.63) is 97.2 Å². The molecule has 0 bridgehead atoms. The minimum atomic E-state index is -1.58. The highest BCUT2D eigenvalue weighted by Crippen LogP contribution is 2.23. The summed E-state index contributed by atoms with van der Waals surface area (Å²) in [6.07, 6.45) is 73.4. The Labute approximate surface area is 466 Å². The van der Waals surface area contributed by atoms with E-state index in [1.165, 1.54) is 167 Å². The molecule has 438 valence electrons. The third-order valence-corrected chi connectivity index (χ3v) is 14.4. The van der Waals surface area contributed by atoms with Gasteiger partial charge in [-0.2, -0.15) is 0 Å². The van der Waals surface area contributed by atoms with Crippen LogP contribution >= 0.6 is 0 Å². The molecule has 6 N–H and O–H groups in total. The molecule has 0 spiro atoms. The molecule has 1 heterocycles. The van der Waals surface area contributed by atoms with Crippen molar-refractivity contribution in [1.82, 2.24) is 5.32 Å². The van der Waals surface area contributed by atoms with E-state index >= 15 is 0 Å². The fourth-order valence-corrected chi connectivity index (χ4v) is 9.45. The molecule has 7 atom stereocenters. The third-order valence-electron chi connectivity index (χ3n) is 14.4. The molecule has 76 heavy (non-hydrogen) atoms. The highest BCUT2D eigenvalue weighted by atomic mass is 16.7. The smallest absolute Gasteiger partial charge is 0.220 e. The molecule has 9 heteroatoms. The van der Waals surface area contributed by atoms with E-state index in [1.807, 2.05) is 6.08 Å². The van der Waals surface area contributed by atoms with Gasteiger partial charge in [-0.1, -0.05) is 265 Å². The Morgan fingerprint density at radius 2 is 0.829 bits per heavy atom. The monoisotopic (exact) mass is 1060 g/mol. The summed E-state index contributed by atoms with van der Waals surface area (Å²) < 4.78 is 11.3. The molecule has 9 nitrogen and oxygen atoms in total. The summed E-state index contributed by atoms with van der Waals surface area (Å²) in [6.45, 7) is 3.66. The molecule has 1 fully saturated rings. The molecule has 1 rings (SSSR count). The van der Waals surface area contributed by atoms with Crippen LogP contribution in [0.5, 0.6) is 0 Å². The number of ether oxygens (including phenoxy) is 2. The van der Waals surface area contributed by atoms with Crippen LogP contribution in [0.2, 0.25) is 0 Å². The van der Waals surface area contributed by atoms with Crippen LogP contribution in [-0.2, 0) is 14.3 Å². The summed E-state index contributed by atoms with van der Waals surface area (Å²) in [5.74, 6) is -0.194. The average Bonchev–Trinajstić information content (AvgIpc) is 3.42. The van der Waals surface area contributed by atoms with Gasteiger partial charge in [0.25, 0.3) is 0 Å². The minimum absolute atomic E-state index is 0.194. The molecule has 1 aliphatic rings. The SMILES string of the molecule is CC/C=C\C/C=C\C/C=C\C/C=C\C/C=C\CCCCCCCCCCCCCCCC(=O)NC(COC1OC(CO)C(O)C(O)C1O)C(O)/C=C/CC/C=C/CC/C=C/CCCCCCCCCCCCCCCC. The van der Waals surface area contributed by atoms with Crippen molar-refractivity contribution >= 4 is 5.91 Å². The van der Waals surface area contributed by atoms with E-state index < -0.39 is 49.5 Å². The normalized spacial score (nSPS) is 19.5. The molecule has 1 aliphatic heterocycles. The highest BCUT2D eigenvalue weighted by Gasteiger charge is 2.44. The number of aliphatic hydroxyl groups is 5. The van der Waals surface area contributed by atoms with E-state index in [9.17, 15) is 30.3 Å². The van der Waals surface area contributed by atoms with Crippen molar-refractivity contribution in [3.63, 3.8) is 0 Å². The van der Waals surface area contributed by atoms with Crippen LogP contribution in [0.15, 0.2) is 97.2 Å². The first-order valence-corrected chi connectivity index (χ1v) is 31.5. The predicted molar refractivity (Wildman–Crippen MR) is 322 cm³/mol. The zero-order chi connectivity index (χ0) is 55.0. The number of nitrogens with one attached hydrogen (secondary N) is 1. The molecule has 0 radical (unpaired) electrons. The summed E-state index contributed by atoms with van der Waals surface area (Å²) >= 11 is 0. The van der Waals surface area contributed by atoms with Crippen molar-refractivity contribution in [3.8, 4) is 0 Å². The van der Waals surface area contributed by atoms with Gasteiger partial charge in [-0.15, -0.1) is 0 Å². The van der Waals surface area contributed by atoms with E-state index in [0.717, 1.165) is 77.0 Å². The summed E-state index contributed by atoms with van der Waals surface area (Å²) in [6, 6.07) is -0.836. The van der Waals surface area contributed by atoms with Crippen molar-refractivity contribution in [2.75, 3.05) is 13.2 Å². The molecule has 0 aromatic carbocycles. The minimum Gasteiger partial charge on any atom is -0.394 e. The fourth-order valence-electron chi connectivity index (χ4n) is 9.45. The van der Waals surface area contributed by atoms with Gasteiger partial charge >= 0.3 is 0 Å². The van der Waals surface area contributed by atoms with Gasteiger partial charge in [0.15, 0.2) is 6.29 Å². The van der Waals surface area contributed by atoms with Crippen LogP contribution in [0.25, 0.3) is 0 Å². The summed E-state index contributed by atoms with van der Waals surface area (Å²) in [5, 5.41) is 54.6. The van der Waals surface area contributed by atoms with Crippen molar-refractivity contribution in [2.24, 2.45) is 0 Å². The maximum atomic E-state index is 13.1. The van der Waals surface area contributed by atoms with Gasteiger partial charge in [-0.3, -0.25) is 4.79 Å². The predicted octanol–water partition coefficient (Wildman–Crippen LogP) is 16.4. The maximum absolute atomic E-state index is 13.1. The molecule has 0 aromatic heterocycles. The van der Waals surface area contributed by atoms with E-state index in [1.54, 1.807) is 6.08 Å². The second kappa shape index (κ2) is 55.4. The Morgan fingerprint density at radius 1 is 0.461 bits per heavy atom. The van der Waals surface area contributed by atoms with Gasteiger partial charge in [0, 0.05) is 6.42 Å². The third kappa shape index (κ3) is 44.0. The van der Waals surface area contributed by atoms with E-state index in [0.29, 0.717) is 6.42 Å². The topological polar surface area (TPSA) is 149 Å². The van der Waals surface area contributed by atoms with Crippen molar-refractivity contribution in [2.45, 2.75) is 307 Å². The average molecular weight is 1060 g/mol. The molecular weight excluding hydrogens is 947 g/mol. The zero-order valence-electron chi connectivity index (χ0n) is 48.7. The molecule has 1 saturated heterocycles. The molecule has 1 amide bonds. The Bertz CT molecular complexity index is 1510. The Kier molecular flexibility index (Phi) is 51.9. The van der Waals surface area contributed by atoms with Crippen molar-refractivity contribution < 1.29 is 39.8 Å². The molecule has 0 aliphatic carbocycles. The van der Waals surface area contributed by atoms with Crippen LogP contribution in [0.1, 0.15) is 264 Å². The number of rotatable bonds is 53. The largest absolute Gasteiger partial charge is 0.394 e. The van der Waals surface area contributed by atoms with Crippen LogP contribution < -0.4 is 5.32 Å². The van der Waals surface area contributed by atoms with Gasteiger partial charge in [0.1, 0.15) is 24.4 Å². The number of amides is 1. The number of allylic oxidation sites excluding steroid dienone is 15. The molecule has 0 saturated carbocycles. The van der Waals surface area contributed by atoms with Gasteiger partial charge in [0.05, 0.1) is 25.4 Å². The van der Waals surface area contributed by atoms with Crippen molar-refractivity contribution in [1.29, 1.82) is 0 Å². The van der Waals surface area contributed by atoms with E-state index in [-0.39, 0.29) is 12.5 Å². The van der Waals surface area contributed by atoms with E-state index in [4.69, 9.17) is 9.47 Å². The zero-order valence-corrected chi connectivity index (χ0v) is 48.7. The van der Waals surface area contributed by atoms with E-state index in [2.05, 4.69) is 104 Å². The number of carbonyl (C=O) groups is 1. The fraction of sp³-hybridized carbons (Fsp3) is 0.746. The number of hydrogen-bond acceptors (Lipinski definition) is 8. The lowest BCUT2D eigenvalue weighted by Crippen LogP contribution is -2.60. The summed E-state index contributed by atoms with van der Waals surface area (Å²) in [5.41, 5.74) is 0. The first-order chi connectivity index (χ1) is 37.3. The first-order valence-electron chi connectivity index (χ1n) is 31.5. The Balaban J connectivity index is 2.22. The second-order valence-electron chi connectivity index (χ2n) is 21.4. The summed E-state index contributed by atoms with van der Waals surface area (Å²) in [7, 11) is 0. The standard InChI is InChI=1S/C67H117NO8/c1-3-5-7-9-11-13-15-17-19-21-23-25-27-29-30-31-32-33-35-37-39-41-43-45-47-49-51-53-55-57-63(71)68-60(59-75-67-66(74)65(73)64(72)62(58-69)76-67)61(70)56-54-52-50-48-46-44-42-40-38-36-34-28-26-24-22-20-18-16-14-12-10-8-6-4-2/h5,7,11,13,17,19,23,25,29-30,38,40,46,48,54,56,60-62,64-67,69-70,72-74H,3-4,6,8-10,12,14-16,18,20-22,24,26-28,31-37,39,41-45,47,49-53,55,57-59H2,1-2H3,(H,68,71)/b7-5-,13-11-,19-17-,25-23-,30-29-,40-38+,48-46+,56-54+. The van der Waals surface area contributed by atoms with Crippen LogP contribution in [0, 0.1) is 0 Å². The van der Waals surface area contributed by atoms with Crippen LogP contribution in [-0.4, -0.2) is 87.5 Å². The second-order valence-corrected chi connectivity index (χ2v) is 21.4.